The number of carbonyl (C=O) groups is 1. The number of halogens is 1. The number of aryl methyl sites for hydroxylation is 1. The van der Waals surface area contributed by atoms with E-state index in [2.05, 4.69) is 15.0 Å². The van der Waals surface area contributed by atoms with Gasteiger partial charge in [0.15, 0.2) is 5.13 Å². The highest BCUT2D eigenvalue weighted by atomic mass is 35.5. The fourth-order valence-corrected chi connectivity index (χ4v) is 5.02. The molecule has 0 spiro atoms. The molecule has 1 aliphatic rings. The van der Waals surface area contributed by atoms with Gasteiger partial charge in [-0.15, -0.1) is 11.3 Å². The predicted molar refractivity (Wildman–Crippen MR) is 113 cm³/mol. The average Bonchev–Trinajstić information content (AvgIpc) is 2.96. The molecule has 0 atom stereocenters. The first-order chi connectivity index (χ1) is 13.2. The smallest absolute Gasteiger partial charge is 0.240 e. The predicted octanol–water partition coefficient (Wildman–Crippen LogP) is 2.72. The van der Waals surface area contributed by atoms with E-state index in [1.54, 1.807) is 0 Å². The van der Waals surface area contributed by atoms with Gasteiger partial charge in [0.2, 0.25) is 15.9 Å². The molecule has 1 aromatic heterocycles. The van der Waals surface area contributed by atoms with Crippen molar-refractivity contribution < 1.29 is 13.2 Å². The maximum atomic E-state index is 12.4. The van der Waals surface area contributed by atoms with E-state index in [1.165, 1.54) is 17.6 Å². The molecule has 1 aliphatic heterocycles. The van der Waals surface area contributed by atoms with E-state index in [9.17, 15) is 13.2 Å². The molecule has 0 radical (unpaired) electrons. The Morgan fingerprint density at radius 3 is 2.54 bits per heavy atom. The number of carbonyl (C=O) groups excluding carboxylic acids is 1. The Labute approximate surface area is 174 Å². The van der Waals surface area contributed by atoms with Gasteiger partial charge in [0.1, 0.15) is 0 Å². The minimum atomic E-state index is -3.19. The summed E-state index contributed by atoms with van der Waals surface area (Å²) in [6.45, 7) is 3.58. The van der Waals surface area contributed by atoms with E-state index in [0.29, 0.717) is 36.1 Å². The number of nitrogens with zero attached hydrogens (tertiary/aromatic N) is 2. The molecule has 0 bridgehead atoms. The number of piperidine rings is 1. The summed E-state index contributed by atoms with van der Waals surface area (Å²) in [5.41, 5.74) is 1.80. The number of nitrogens with one attached hydrogen (secondary N) is 2. The number of amides is 1. The van der Waals surface area contributed by atoms with Crippen LogP contribution in [-0.2, 0) is 14.8 Å². The lowest BCUT2D eigenvalue weighted by molar-refractivity contribution is -0.117. The van der Waals surface area contributed by atoms with Gasteiger partial charge in [0.25, 0.3) is 0 Å². The summed E-state index contributed by atoms with van der Waals surface area (Å²) in [6, 6.07) is 7.39. The maximum absolute atomic E-state index is 12.4. The van der Waals surface area contributed by atoms with E-state index in [-0.39, 0.29) is 18.5 Å². The summed E-state index contributed by atoms with van der Waals surface area (Å²) in [6.07, 6.45) is 2.55. The third-order valence-electron chi connectivity index (χ3n) is 4.50. The van der Waals surface area contributed by atoms with E-state index in [0.717, 1.165) is 16.1 Å². The normalized spacial score (nSPS) is 16.2. The Morgan fingerprint density at radius 1 is 1.29 bits per heavy atom. The highest BCUT2D eigenvalue weighted by molar-refractivity contribution is 7.88. The summed E-state index contributed by atoms with van der Waals surface area (Å²) in [7, 11) is -3.19. The number of thiazole rings is 1. The SMILES string of the molecule is Cc1sc(NC(=O)CN2CCC(NS(C)(=O)=O)CC2)nc1-c1ccc(Cl)cc1. The number of anilines is 1. The lowest BCUT2D eigenvalue weighted by Crippen LogP contribution is -2.46. The van der Waals surface area contributed by atoms with Crippen LogP contribution in [0.25, 0.3) is 11.3 Å². The van der Waals surface area contributed by atoms with Crippen LogP contribution in [0.15, 0.2) is 24.3 Å². The van der Waals surface area contributed by atoms with Gasteiger partial charge in [0, 0.05) is 34.6 Å². The Hall–Kier alpha value is -1.52. The summed E-state index contributed by atoms with van der Waals surface area (Å²) in [5, 5.41) is 4.11. The molecule has 0 saturated carbocycles. The minimum absolute atomic E-state index is 0.0575. The molecule has 1 amide bonds. The van der Waals surface area contributed by atoms with E-state index in [1.807, 2.05) is 36.1 Å². The van der Waals surface area contributed by atoms with E-state index in [4.69, 9.17) is 11.6 Å². The minimum Gasteiger partial charge on any atom is -0.301 e. The van der Waals surface area contributed by atoms with Crippen LogP contribution in [0.1, 0.15) is 17.7 Å². The summed E-state index contributed by atoms with van der Waals surface area (Å²) >= 11 is 7.37. The summed E-state index contributed by atoms with van der Waals surface area (Å²) in [5.74, 6) is -0.120. The first kappa shape index (κ1) is 21.2. The third kappa shape index (κ3) is 5.99. The molecule has 10 heteroatoms. The highest BCUT2D eigenvalue weighted by Gasteiger charge is 2.23. The molecule has 1 saturated heterocycles. The molecular formula is C18H23ClN4O3S2. The van der Waals surface area contributed by atoms with Crippen LogP contribution in [0.3, 0.4) is 0 Å². The van der Waals surface area contributed by atoms with Gasteiger partial charge in [0.05, 0.1) is 18.5 Å². The number of aromatic nitrogens is 1. The van der Waals surface area contributed by atoms with Crippen molar-refractivity contribution in [1.82, 2.24) is 14.6 Å². The molecular weight excluding hydrogens is 420 g/mol. The van der Waals surface area contributed by atoms with Crippen LogP contribution in [0.4, 0.5) is 5.13 Å². The van der Waals surface area contributed by atoms with Crippen LogP contribution in [0, 0.1) is 6.92 Å². The van der Waals surface area contributed by atoms with Gasteiger partial charge in [-0.1, -0.05) is 23.7 Å². The topological polar surface area (TPSA) is 91.4 Å². The second-order valence-electron chi connectivity index (χ2n) is 6.92. The average molecular weight is 443 g/mol. The standard InChI is InChI=1S/C18H23ClN4O3S2/c1-12-17(13-3-5-14(19)6-4-13)21-18(27-12)20-16(24)11-23-9-7-15(8-10-23)22-28(2,25)26/h3-6,15,22H,7-11H2,1-2H3,(H,20,21,24). The Bertz CT molecular complexity index is 936. The Morgan fingerprint density at radius 2 is 1.93 bits per heavy atom. The molecule has 152 valence electrons. The van der Waals surface area contributed by atoms with Crippen molar-refractivity contribution in [2.75, 3.05) is 31.2 Å². The van der Waals surface area contributed by atoms with Gasteiger partial charge in [-0.25, -0.2) is 18.1 Å². The van der Waals surface area contributed by atoms with Crippen molar-refractivity contribution in [2.24, 2.45) is 0 Å². The fourth-order valence-electron chi connectivity index (χ4n) is 3.20. The zero-order valence-corrected chi connectivity index (χ0v) is 18.1. The van der Waals surface area contributed by atoms with Crippen molar-refractivity contribution in [2.45, 2.75) is 25.8 Å². The van der Waals surface area contributed by atoms with Crippen molar-refractivity contribution in [3.05, 3.63) is 34.2 Å². The first-order valence-corrected chi connectivity index (χ1v) is 12.0. The van der Waals surface area contributed by atoms with Crippen molar-refractivity contribution >= 4 is 44.0 Å². The quantitative estimate of drug-likeness (QED) is 0.717. The molecule has 1 aromatic carbocycles. The molecule has 7 nitrogen and oxygen atoms in total. The molecule has 28 heavy (non-hydrogen) atoms. The molecule has 1 fully saturated rings. The molecule has 2 aromatic rings. The van der Waals surface area contributed by atoms with Crippen LogP contribution in [-0.4, -0.2) is 56.1 Å². The van der Waals surface area contributed by atoms with Gasteiger partial charge in [-0.2, -0.15) is 0 Å². The lowest BCUT2D eigenvalue weighted by atomic mass is 10.1. The maximum Gasteiger partial charge on any atom is 0.240 e. The number of sulfonamides is 1. The number of hydrogen-bond donors (Lipinski definition) is 2. The Balaban J connectivity index is 1.53. The second kappa shape index (κ2) is 8.87. The third-order valence-corrected chi connectivity index (χ3v) is 6.40. The molecule has 0 unspecified atom stereocenters. The summed E-state index contributed by atoms with van der Waals surface area (Å²) in [4.78, 5) is 20.0. The zero-order chi connectivity index (χ0) is 20.3. The molecule has 2 N–H and O–H groups in total. The van der Waals surface area contributed by atoms with Crippen LogP contribution < -0.4 is 10.0 Å². The largest absolute Gasteiger partial charge is 0.301 e. The van der Waals surface area contributed by atoms with Crippen molar-refractivity contribution in [1.29, 1.82) is 0 Å². The van der Waals surface area contributed by atoms with Gasteiger partial charge in [-0.3, -0.25) is 9.69 Å². The van der Waals surface area contributed by atoms with Gasteiger partial charge in [-0.05, 0) is 31.9 Å². The van der Waals surface area contributed by atoms with Crippen molar-refractivity contribution in [3.8, 4) is 11.3 Å². The number of likely N-dealkylation sites (tertiary alicyclic amines) is 1. The zero-order valence-electron chi connectivity index (χ0n) is 15.7. The monoisotopic (exact) mass is 442 g/mol. The second-order valence-corrected chi connectivity index (χ2v) is 10.3. The fraction of sp³-hybridized carbons (Fsp3) is 0.444. The first-order valence-electron chi connectivity index (χ1n) is 8.92. The van der Waals surface area contributed by atoms with Gasteiger partial charge < -0.3 is 5.32 Å². The van der Waals surface area contributed by atoms with Crippen LogP contribution in [0.2, 0.25) is 5.02 Å². The molecule has 3 rings (SSSR count). The molecule has 0 aliphatic carbocycles. The van der Waals surface area contributed by atoms with E-state index < -0.39 is 10.0 Å². The highest BCUT2D eigenvalue weighted by Crippen LogP contribution is 2.31. The summed E-state index contributed by atoms with van der Waals surface area (Å²) < 4.78 is 25.2. The number of rotatable bonds is 6. The number of benzene rings is 1. The lowest BCUT2D eigenvalue weighted by Gasteiger charge is -2.31. The van der Waals surface area contributed by atoms with Gasteiger partial charge >= 0.3 is 0 Å². The number of hydrogen-bond acceptors (Lipinski definition) is 6. The van der Waals surface area contributed by atoms with Crippen LogP contribution >= 0.6 is 22.9 Å². The van der Waals surface area contributed by atoms with Crippen molar-refractivity contribution in [3.63, 3.8) is 0 Å². The van der Waals surface area contributed by atoms with E-state index >= 15 is 0 Å². The van der Waals surface area contributed by atoms with Crippen LogP contribution in [0.5, 0.6) is 0 Å². The molecule has 2 heterocycles. The Kier molecular flexibility index (Phi) is 6.72.